The van der Waals surface area contributed by atoms with E-state index in [2.05, 4.69) is 133 Å². The Labute approximate surface area is 185 Å². The van der Waals surface area contributed by atoms with E-state index in [-0.39, 0.29) is 17.0 Å². The van der Waals surface area contributed by atoms with Gasteiger partial charge in [-0.15, -0.1) is 17.0 Å². The van der Waals surface area contributed by atoms with Crippen molar-refractivity contribution >= 4 is 46.2 Å². The minimum absolute atomic E-state index is 0. The van der Waals surface area contributed by atoms with E-state index in [0.717, 1.165) is 6.16 Å². The molecule has 29 heavy (non-hydrogen) atoms. The van der Waals surface area contributed by atoms with Crippen LogP contribution in [0.5, 0.6) is 0 Å². The van der Waals surface area contributed by atoms with Crippen LogP contribution in [0.4, 0.5) is 0 Å². The number of benzene rings is 4. The van der Waals surface area contributed by atoms with Crippen molar-refractivity contribution in [1.29, 1.82) is 0 Å². The normalized spacial score (nSPS) is 11.2. The van der Waals surface area contributed by atoms with Crippen molar-refractivity contribution in [3.8, 4) is 0 Å². The quantitative estimate of drug-likeness (QED) is 0.298. The van der Waals surface area contributed by atoms with Gasteiger partial charge in [-0.25, -0.2) is 0 Å². The van der Waals surface area contributed by atoms with Crippen LogP contribution in [0.15, 0.2) is 127 Å². The fraction of sp³-hybridized carbons (Fsp3) is 0.0370. The third-order valence-electron chi connectivity index (χ3n) is 5.08. The molecular formula is C27H25BrP+. The van der Waals surface area contributed by atoms with Gasteiger partial charge < -0.3 is 0 Å². The van der Waals surface area contributed by atoms with Crippen molar-refractivity contribution in [3.05, 3.63) is 133 Å². The Bertz CT molecular complexity index is 916. The molecule has 0 amide bonds. The van der Waals surface area contributed by atoms with Gasteiger partial charge in [0, 0.05) is 0 Å². The monoisotopic (exact) mass is 459 g/mol. The molecule has 2 heteroatoms. The molecule has 0 spiro atoms. The molecule has 0 bridgehead atoms. The van der Waals surface area contributed by atoms with Crippen LogP contribution in [0.25, 0.3) is 6.08 Å². The van der Waals surface area contributed by atoms with E-state index in [0.29, 0.717) is 0 Å². The van der Waals surface area contributed by atoms with Crippen molar-refractivity contribution < 1.29 is 0 Å². The molecule has 0 heterocycles. The standard InChI is InChI=1S/C27H24P.BrH/c1-5-14-24(15-6-1)16-13-23-28(25-17-7-2-8-18-25,26-19-9-3-10-20-26)27-21-11-4-12-22-27;/h1-22H,23H2;1H/q+1;/b16-13+;. The summed E-state index contributed by atoms with van der Waals surface area (Å²) in [6.45, 7) is 0. The van der Waals surface area contributed by atoms with Gasteiger partial charge in [0.1, 0.15) is 23.2 Å². The summed E-state index contributed by atoms with van der Waals surface area (Å²) >= 11 is 0. The first-order valence-corrected chi connectivity index (χ1v) is 11.6. The Morgan fingerprint density at radius 3 is 1.21 bits per heavy atom. The fourth-order valence-electron chi connectivity index (χ4n) is 3.72. The lowest BCUT2D eigenvalue weighted by Crippen LogP contribution is -2.32. The molecule has 4 aromatic rings. The van der Waals surface area contributed by atoms with Gasteiger partial charge in [0.05, 0.1) is 6.16 Å². The third-order valence-corrected chi connectivity index (χ3v) is 9.38. The van der Waals surface area contributed by atoms with Crippen LogP contribution in [0.2, 0.25) is 0 Å². The maximum absolute atomic E-state index is 2.36. The van der Waals surface area contributed by atoms with Crippen molar-refractivity contribution in [2.75, 3.05) is 6.16 Å². The van der Waals surface area contributed by atoms with E-state index < -0.39 is 7.26 Å². The summed E-state index contributed by atoms with van der Waals surface area (Å²) < 4.78 is 0. The van der Waals surface area contributed by atoms with Gasteiger partial charge in [0.2, 0.25) is 0 Å². The highest BCUT2D eigenvalue weighted by atomic mass is 79.9. The predicted octanol–water partition coefficient (Wildman–Crippen LogP) is 6.27. The summed E-state index contributed by atoms with van der Waals surface area (Å²) in [4.78, 5) is 0. The lowest BCUT2D eigenvalue weighted by molar-refractivity contribution is 1.63. The zero-order valence-corrected chi connectivity index (χ0v) is 18.9. The van der Waals surface area contributed by atoms with E-state index >= 15 is 0 Å². The first-order valence-electron chi connectivity index (χ1n) is 9.66. The summed E-state index contributed by atoms with van der Waals surface area (Å²) in [5.41, 5.74) is 1.25. The highest BCUT2D eigenvalue weighted by molar-refractivity contribution is 8.93. The SMILES string of the molecule is Br.C(=C\c1ccccc1)/C[P+](c1ccccc1)(c1ccccc1)c1ccccc1. The number of hydrogen-bond acceptors (Lipinski definition) is 0. The van der Waals surface area contributed by atoms with E-state index in [4.69, 9.17) is 0 Å². The zero-order chi connectivity index (χ0) is 19.1. The second kappa shape index (κ2) is 10.3. The molecule has 0 atom stereocenters. The van der Waals surface area contributed by atoms with E-state index in [1.54, 1.807) is 0 Å². The first kappa shape index (κ1) is 21.2. The molecule has 0 saturated heterocycles. The first-order chi connectivity index (χ1) is 13.9. The van der Waals surface area contributed by atoms with Crippen molar-refractivity contribution in [1.82, 2.24) is 0 Å². The average molecular weight is 460 g/mol. The largest absolute Gasteiger partial charge is 0.115 e. The van der Waals surface area contributed by atoms with Gasteiger partial charge in [-0.05, 0) is 48.0 Å². The Kier molecular flexibility index (Phi) is 7.58. The number of halogens is 1. The molecule has 0 unspecified atom stereocenters. The topological polar surface area (TPSA) is 0 Å². The minimum atomic E-state index is -1.78. The number of hydrogen-bond donors (Lipinski definition) is 0. The fourth-order valence-corrected chi connectivity index (χ4v) is 7.71. The lowest BCUT2D eigenvalue weighted by atomic mass is 10.2. The molecule has 4 aromatic carbocycles. The Morgan fingerprint density at radius 2 is 0.828 bits per heavy atom. The number of rotatable bonds is 6. The van der Waals surface area contributed by atoms with Crippen LogP contribution < -0.4 is 15.9 Å². The molecule has 0 aliphatic heterocycles. The van der Waals surface area contributed by atoms with Crippen LogP contribution >= 0.6 is 24.2 Å². The summed E-state index contributed by atoms with van der Waals surface area (Å²) in [5.74, 6) is 0. The van der Waals surface area contributed by atoms with Crippen molar-refractivity contribution in [3.63, 3.8) is 0 Å². The maximum atomic E-state index is 2.36. The lowest BCUT2D eigenvalue weighted by Gasteiger charge is -2.26. The Morgan fingerprint density at radius 1 is 0.483 bits per heavy atom. The van der Waals surface area contributed by atoms with E-state index in [1.165, 1.54) is 21.5 Å². The molecule has 0 N–H and O–H groups in total. The summed E-state index contributed by atoms with van der Waals surface area (Å²) in [7, 11) is -1.78. The van der Waals surface area contributed by atoms with E-state index in [9.17, 15) is 0 Å². The minimum Gasteiger partial charge on any atom is -0.114 e. The Hall–Kier alpha value is -2.47. The summed E-state index contributed by atoms with van der Waals surface area (Å²) in [5, 5.41) is 4.26. The van der Waals surface area contributed by atoms with Gasteiger partial charge in [-0.2, -0.15) is 0 Å². The molecule has 0 nitrogen and oxygen atoms in total. The third kappa shape index (κ3) is 4.75. The molecular weight excluding hydrogens is 435 g/mol. The highest BCUT2D eigenvalue weighted by Gasteiger charge is 2.43. The van der Waals surface area contributed by atoms with Gasteiger partial charge in [0.15, 0.2) is 0 Å². The summed E-state index contributed by atoms with van der Waals surface area (Å²) in [6.07, 6.45) is 5.61. The van der Waals surface area contributed by atoms with Crippen LogP contribution in [-0.4, -0.2) is 6.16 Å². The predicted molar refractivity (Wildman–Crippen MR) is 136 cm³/mol. The average Bonchev–Trinajstić information content (AvgIpc) is 2.79. The highest BCUT2D eigenvalue weighted by Crippen LogP contribution is 2.55. The molecule has 0 saturated carbocycles. The van der Waals surface area contributed by atoms with Crippen LogP contribution in [0, 0.1) is 0 Å². The molecule has 144 valence electrons. The smallest absolute Gasteiger partial charge is 0.114 e. The second-order valence-corrected chi connectivity index (χ2v) is 10.3. The van der Waals surface area contributed by atoms with Gasteiger partial charge in [0.25, 0.3) is 0 Å². The summed E-state index contributed by atoms with van der Waals surface area (Å²) in [6, 6.07) is 43.6. The number of allylic oxidation sites excluding steroid dienone is 1. The molecule has 0 radical (unpaired) electrons. The van der Waals surface area contributed by atoms with Crippen LogP contribution in [-0.2, 0) is 0 Å². The molecule has 4 rings (SSSR count). The van der Waals surface area contributed by atoms with Crippen molar-refractivity contribution in [2.24, 2.45) is 0 Å². The van der Waals surface area contributed by atoms with Crippen LogP contribution in [0.3, 0.4) is 0 Å². The van der Waals surface area contributed by atoms with Crippen molar-refractivity contribution in [2.45, 2.75) is 0 Å². The van der Waals surface area contributed by atoms with E-state index in [1.807, 2.05) is 0 Å². The zero-order valence-electron chi connectivity index (χ0n) is 16.3. The van der Waals surface area contributed by atoms with Gasteiger partial charge in [-0.3, -0.25) is 0 Å². The molecule has 0 aliphatic carbocycles. The molecule has 0 fully saturated rings. The molecule has 0 aliphatic rings. The van der Waals surface area contributed by atoms with Gasteiger partial charge in [-0.1, -0.05) is 91.0 Å². The maximum Gasteiger partial charge on any atom is 0.115 e. The molecule has 0 aromatic heterocycles. The Balaban J connectivity index is 0.00000240. The van der Waals surface area contributed by atoms with Crippen LogP contribution in [0.1, 0.15) is 5.56 Å². The second-order valence-electron chi connectivity index (χ2n) is 6.81. The van der Waals surface area contributed by atoms with Gasteiger partial charge >= 0.3 is 0 Å².